The fourth-order valence-electron chi connectivity index (χ4n) is 1.34. The molecule has 0 fully saturated rings. The van der Waals surface area contributed by atoms with Gasteiger partial charge in [0.25, 0.3) is 5.91 Å². The van der Waals surface area contributed by atoms with Crippen LogP contribution >= 0.6 is 45.8 Å². The van der Waals surface area contributed by atoms with Crippen molar-refractivity contribution in [3.63, 3.8) is 0 Å². The lowest BCUT2D eigenvalue weighted by molar-refractivity contribution is 0.102. The maximum absolute atomic E-state index is 12.0. The lowest BCUT2D eigenvalue weighted by Crippen LogP contribution is -2.13. The van der Waals surface area contributed by atoms with Gasteiger partial charge in [-0.05, 0) is 52.9 Å². The number of benzene rings is 1. The molecular formula is C12H7Cl2IN2O. The third-order valence-corrected chi connectivity index (χ3v) is 3.61. The van der Waals surface area contributed by atoms with E-state index in [-0.39, 0.29) is 11.1 Å². The fourth-order valence-corrected chi connectivity index (χ4v) is 2.55. The normalized spacial score (nSPS) is 10.2. The summed E-state index contributed by atoms with van der Waals surface area (Å²) in [7, 11) is 0. The SMILES string of the molecule is O=C(Nc1ccc(Cl)cc1I)c1cccnc1Cl. The minimum atomic E-state index is -0.298. The van der Waals surface area contributed by atoms with Gasteiger partial charge in [0.2, 0.25) is 0 Å². The van der Waals surface area contributed by atoms with Crippen molar-refractivity contribution in [1.82, 2.24) is 4.98 Å². The quantitative estimate of drug-likeness (QED) is 0.613. The van der Waals surface area contributed by atoms with Crippen LogP contribution in [0.15, 0.2) is 36.5 Å². The second-order valence-corrected chi connectivity index (χ2v) is 5.38. The molecule has 0 spiro atoms. The lowest BCUT2D eigenvalue weighted by atomic mass is 10.2. The summed E-state index contributed by atoms with van der Waals surface area (Å²) in [6.45, 7) is 0. The summed E-state index contributed by atoms with van der Waals surface area (Å²) in [6, 6.07) is 8.50. The van der Waals surface area contributed by atoms with E-state index >= 15 is 0 Å². The largest absolute Gasteiger partial charge is 0.321 e. The van der Waals surface area contributed by atoms with Crippen molar-refractivity contribution in [2.24, 2.45) is 0 Å². The van der Waals surface area contributed by atoms with Crippen LogP contribution in [0.3, 0.4) is 0 Å². The van der Waals surface area contributed by atoms with Crippen molar-refractivity contribution in [2.75, 3.05) is 5.32 Å². The number of rotatable bonds is 2. The van der Waals surface area contributed by atoms with Crippen LogP contribution in [0.1, 0.15) is 10.4 Å². The zero-order valence-electron chi connectivity index (χ0n) is 8.95. The molecule has 3 nitrogen and oxygen atoms in total. The molecule has 0 atom stereocenters. The van der Waals surface area contributed by atoms with Gasteiger partial charge < -0.3 is 5.32 Å². The number of amides is 1. The minimum absolute atomic E-state index is 0.180. The summed E-state index contributed by atoms with van der Waals surface area (Å²) >= 11 is 13.8. The standard InChI is InChI=1S/C12H7Cl2IN2O/c13-7-3-4-10(9(15)6-7)17-12(18)8-2-1-5-16-11(8)14/h1-6H,(H,17,18). The predicted octanol–water partition coefficient (Wildman–Crippen LogP) is 4.25. The number of aromatic nitrogens is 1. The molecular weight excluding hydrogens is 386 g/mol. The fraction of sp³-hybridized carbons (Fsp3) is 0. The van der Waals surface area contributed by atoms with E-state index in [4.69, 9.17) is 23.2 Å². The van der Waals surface area contributed by atoms with Gasteiger partial charge in [-0.1, -0.05) is 23.2 Å². The third kappa shape index (κ3) is 3.13. The summed E-state index contributed by atoms with van der Waals surface area (Å²) in [5.74, 6) is -0.298. The van der Waals surface area contributed by atoms with Crippen molar-refractivity contribution in [2.45, 2.75) is 0 Å². The Kier molecular flexibility index (Phi) is 4.42. The molecule has 1 aromatic heterocycles. The summed E-state index contributed by atoms with van der Waals surface area (Å²) in [5.41, 5.74) is 1.02. The Morgan fingerprint density at radius 3 is 2.72 bits per heavy atom. The maximum atomic E-state index is 12.0. The van der Waals surface area contributed by atoms with Gasteiger partial charge in [-0.3, -0.25) is 4.79 Å². The molecule has 0 aliphatic carbocycles. The van der Waals surface area contributed by atoms with Crippen molar-refractivity contribution < 1.29 is 4.79 Å². The van der Waals surface area contributed by atoms with Crippen molar-refractivity contribution in [3.05, 3.63) is 55.8 Å². The number of anilines is 1. The van der Waals surface area contributed by atoms with E-state index in [2.05, 4.69) is 32.9 Å². The zero-order valence-corrected chi connectivity index (χ0v) is 12.6. The van der Waals surface area contributed by atoms with Gasteiger partial charge in [-0.25, -0.2) is 4.98 Å². The smallest absolute Gasteiger partial charge is 0.258 e. The van der Waals surface area contributed by atoms with Crippen LogP contribution in [0.4, 0.5) is 5.69 Å². The summed E-state index contributed by atoms with van der Waals surface area (Å²) in [6.07, 6.45) is 1.53. The zero-order chi connectivity index (χ0) is 13.1. The Bertz CT molecular complexity index is 604. The number of halogens is 3. The van der Waals surface area contributed by atoms with Gasteiger partial charge in [-0.2, -0.15) is 0 Å². The predicted molar refractivity (Wildman–Crippen MR) is 81.4 cm³/mol. The van der Waals surface area contributed by atoms with Crippen LogP contribution in [0, 0.1) is 3.57 Å². The second kappa shape index (κ2) is 5.86. The summed E-state index contributed by atoms with van der Waals surface area (Å²) in [5, 5.41) is 3.57. The van der Waals surface area contributed by atoms with Gasteiger partial charge in [0, 0.05) is 14.8 Å². The molecule has 2 aromatic rings. The highest BCUT2D eigenvalue weighted by Gasteiger charge is 2.12. The number of carbonyl (C=O) groups excluding carboxylic acids is 1. The molecule has 92 valence electrons. The Balaban J connectivity index is 2.24. The number of nitrogens with one attached hydrogen (secondary N) is 1. The van der Waals surface area contributed by atoms with E-state index in [1.807, 2.05) is 0 Å². The van der Waals surface area contributed by atoms with Crippen molar-refractivity contribution >= 4 is 57.4 Å². The van der Waals surface area contributed by atoms with E-state index in [0.29, 0.717) is 16.3 Å². The molecule has 0 aliphatic rings. The van der Waals surface area contributed by atoms with E-state index < -0.39 is 0 Å². The van der Waals surface area contributed by atoms with Gasteiger partial charge >= 0.3 is 0 Å². The molecule has 6 heteroatoms. The van der Waals surface area contributed by atoms with E-state index in [0.717, 1.165) is 3.57 Å². The molecule has 0 bridgehead atoms. The molecule has 0 radical (unpaired) electrons. The monoisotopic (exact) mass is 392 g/mol. The van der Waals surface area contributed by atoms with E-state index in [1.54, 1.807) is 30.3 Å². The van der Waals surface area contributed by atoms with Crippen LogP contribution in [0.2, 0.25) is 10.2 Å². The topological polar surface area (TPSA) is 42.0 Å². The highest BCUT2D eigenvalue weighted by atomic mass is 127. The first-order valence-corrected chi connectivity index (χ1v) is 6.78. The first-order chi connectivity index (χ1) is 8.58. The Labute approximate surface area is 128 Å². The van der Waals surface area contributed by atoms with Gasteiger partial charge in [0.1, 0.15) is 5.15 Å². The first kappa shape index (κ1) is 13.6. The second-order valence-electron chi connectivity index (χ2n) is 3.42. The highest BCUT2D eigenvalue weighted by Crippen LogP contribution is 2.23. The Morgan fingerprint density at radius 1 is 1.28 bits per heavy atom. The molecule has 1 aromatic carbocycles. The number of hydrogen-bond acceptors (Lipinski definition) is 2. The van der Waals surface area contributed by atoms with Crippen LogP contribution in [-0.2, 0) is 0 Å². The maximum Gasteiger partial charge on any atom is 0.258 e. The molecule has 1 N–H and O–H groups in total. The number of nitrogens with zero attached hydrogens (tertiary/aromatic N) is 1. The third-order valence-electron chi connectivity index (χ3n) is 2.18. The average Bonchev–Trinajstić information content (AvgIpc) is 2.33. The highest BCUT2D eigenvalue weighted by molar-refractivity contribution is 14.1. The Morgan fingerprint density at radius 2 is 2.06 bits per heavy atom. The number of carbonyl (C=O) groups is 1. The van der Waals surface area contributed by atoms with Gasteiger partial charge in [0.15, 0.2) is 0 Å². The molecule has 2 rings (SSSR count). The number of hydrogen-bond donors (Lipinski definition) is 1. The van der Waals surface area contributed by atoms with E-state index in [1.165, 1.54) is 6.20 Å². The van der Waals surface area contributed by atoms with Gasteiger partial charge in [-0.15, -0.1) is 0 Å². The molecule has 18 heavy (non-hydrogen) atoms. The van der Waals surface area contributed by atoms with Crippen LogP contribution in [-0.4, -0.2) is 10.9 Å². The molecule has 0 saturated carbocycles. The molecule has 0 aliphatic heterocycles. The average molecular weight is 393 g/mol. The van der Waals surface area contributed by atoms with Crippen molar-refractivity contribution in [3.8, 4) is 0 Å². The van der Waals surface area contributed by atoms with Crippen LogP contribution in [0.5, 0.6) is 0 Å². The summed E-state index contributed by atoms with van der Waals surface area (Å²) in [4.78, 5) is 15.9. The Hall–Kier alpha value is -0.850. The molecule has 1 amide bonds. The molecule has 0 unspecified atom stereocenters. The van der Waals surface area contributed by atoms with Crippen LogP contribution in [0.25, 0.3) is 0 Å². The van der Waals surface area contributed by atoms with Crippen molar-refractivity contribution in [1.29, 1.82) is 0 Å². The van der Waals surface area contributed by atoms with E-state index in [9.17, 15) is 4.79 Å². The lowest BCUT2D eigenvalue weighted by Gasteiger charge is -2.08. The summed E-state index contributed by atoms with van der Waals surface area (Å²) < 4.78 is 0.855. The first-order valence-electron chi connectivity index (χ1n) is 4.95. The van der Waals surface area contributed by atoms with Gasteiger partial charge in [0.05, 0.1) is 11.3 Å². The number of pyridine rings is 1. The van der Waals surface area contributed by atoms with Crippen LogP contribution < -0.4 is 5.32 Å². The molecule has 0 saturated heterocycles. The minimum Gasteiger partial charge on any atom is -0.321 e. The molecule has 1 heterocycles.